The van der Waals surface area contributed by atoms with Crippen molar-refractivity contribution < 1.29 is 4.74 Å². The van der Waals surface area contributed by atoms with Crippen LogP contribution in [0.2, 0.25) is 0 Å². The number of nitrogens with zero attached hydrogens (tertiary/aromatic N) is 1. The molecular weight excluding hydrogens is 236 g/mol. The Morgan fingerprint density at radius 3 is 2.79 bits per heavy atom. The zero-order valence-electron chi connectivity index (χ0n) is 12.5. The van der Waals surface area contributed by atoms with Crippen molar-refractivity contribution in [2.24, 2.45) is 5.73 Å². The fraction of sp³-hybridized carbons (Fsp3) is 0.625. The first-order chi connectivity index (χ1) is 8.97. The maximum atomic E-state index is 5.87. The molecule has 0 saturated carbocycles. The fourth-order valence-corrected chi connectivity index (χ4v) is 2.78. The number of hydrogen-bond donors (Lipinski definition) is 1. The number of benzene rings is 1. The van der Waals surface area contributed by atoms with Crippen LogP contribution in [0.5, 0.6) is 0 Å². The molecule has 0 bridgehead atoms. The molecule has 1 aliphatic heterocycles. The number of hydrogen-bond acceptors (Lipinski definition) is 3. The second kappa shape index (κ2) is 5.93. The maximum Gasteiger partial charge on any atom is 0.0723 e. The monoisotopic (exact) mass is 262 g/mol. The zero-order chi connectivity index (χ0) is 14.0. The standard InChI is InChI=1S/C16H26N2O/c1-11-7-15(8-12(2)17)5-6-16(11)18-9-14(4)19-10-13(18)3/h5-7,12-14H,8-10,17H2,1-4H3. The second-order valence-electron chi connectivity index (χ2n) is 5.95. The Kier molecular flexibility index (Phi) is 4.48. The van der Waals surface area contributed by atoms with Gasteiger partial charge in [0.25, 0.3) is 0 Å². The summed E-state index contributed by atoms with van der Waals surface area (Å²) in [5, 5.41) is 0. The molecule has 0 aromatic heterocycles. The van der Waals surface area contributed by atoms with E-state index in [0.717, 1.165) is 19.6 Å². The topological polar surface area (TPSA) is 38.5 Å². The normalized spacial score (nSPS) is 25.4. The minimum Gasteiger partial charge on any atom is -0.375 e. The minimum absolute atomic E-state index is 0.215. The van der Waals surface area contributed by atoms with E-state index in [1.807, 2.05) is 0 Å². The van der Waals surface area contributed by atoms with Crippen molar-refractivity contribution in [1.82, 2.24) is 0 Å². The number of rotatable bonds is 3. The first-order valence-electron chi connectivity index (χ1n) is 7.20. The lowest BCUT2D eigenvalue weighted by Gasteiger charge is -2.39. The van der Waals surface area contributed by atoms with Gasteiger partial charge in [0.15, 0.2) is 0 Å². The molecule has 2 N–H and O–H groups in total. The fourth-order valence-electron chi connectivity index (χ4n) is 2.78. The van der Waals surface area contributed by atoms with Crippen LogP contribution in [0.1, 0.15) is 31.9 Å². The molecule has 0 amide bonds. The van der Waals surface area contributed by atoms with E-state index in [0.29, 0.717) is 12.1 Å². The summed E-state index contributed by atoms with van der Waals surface area (Å²) in [5.41, 5.74) is 9.86. The van der Waals surface area contributed by atoms with E-state index in [1.165, 1.54) is 16.8 Å². The molecule has 3 heteroatoms. The molecule has 19 heavy (non-hydrogen) atoms. The lowest BCUT2D eigenvalue weighted by Crippen LogP contribution is -2.47. The van der Waals surface area contributed by atoms with Gasteiger partial charge in [-0.25, -0.2) is 0 Å². The molecule has 1 aliphatic rings. The van der Waals surface area contributed by atoms with E-state index >= 15 is 0 Å². The molecule has 3 nitrogen and oxygen atoms in total. The van der Waals surface area contributed by atoms with Crippen molar-refractivity contribution in [1.29, 1.82) is 0 Å². The van der Waals surface area contributed by atoms with Crippen LogP contribution in [0.25, 0.3) is 0 Å². The van der Waals surface area contributed by atoms with Crippen LogP contribution in [0.4, 0.5) is 5.69 Å². The summed E-state index contributed by atoms with van der Waals surface area (Å²) in [7, 11) is 0. The highest BCUT2D eigenvalue weighted by Gasteiger charge is 2.24. The third kappa shape index (κ3) is 3.48. The molecule has 1 aromatic carbocycles. The quantitative estimate of drug-likeness (QED) is 0.909. The van der Waals surface area contributed by atoms with Crippen LogP contribution in [0.15, 0.2) is 18.2 Å². The van der Waals surface area contributed by atoms with Gasteiger partial charge in [0.05, 0.1) is 12.7 Å². The molecule has 2 rings (SSSR count). The van der Waals surface area contributed by atoms with E-state index in [-0.39, 0.29) is 6.04 Å². The Balaban J connectivity index is 2.20. The summed E-state index contributed by atoms with van der Waals surface area (Å²) < 4.78 is 5.70. The summed E-state index contributed by atoms with van der Waals surface area (Å²) >= 11 is 0. The number of ether oxygens (including phenoxy) is 1. The second-order valence-corrected chi connectivity index (χ2v) is 5.95. The summed E-state index contributed by atoms with van der Waals surface area (Å²) in [6.45, 7) is 10.4. The SMILES string of the molecule is Cc1cc(CC(C)N)ccc1N1CC(C)OCC1C. The lowest BCUT2D eigenvalue weighted by atomic mass is 10.0. The van der Waals surface area contributed by atoms with Crippen LogP contribution in [0, 0.1) is 6.92 Å². The third-order valence-electron chi connectivity index (χ3n) is 3.74. The number of nitrogens with two attached hydrogens (primary N) is 1. The lowest BCUT2D eigenvalue weighted by molar-refractivity contribution is 0.0343. The van der Waals surface area contributed by atoms with Crippen LogP contribution in [-0.4, -0.2) is 31.3 Å². The zero-order valence-corrected chi connectivity index (χ0v) is 12.5. The largest absolute Gasteiger partial charge is 0.375 e. The number of anilines is 1. The van der Waals surface area contributed by atoms with Crippen molar-refractivity contribution in [3.8, 4) is 0 Å². The summed E-state index contributed by atoms with van der Waals surface area (Å²) in [5.74, 6) is 0. The van der Waals surface area contributed by atoms with Gasteiger partial charge >= 0.3 is 0 Å². The van der Waals surface area contributed by atoms with Crippen LogP contribution in [-0.2, 0) is 11.2 Å². The molecule has 1 saturated heterocycles. The predicted octanol–water partition coefficient (Wildman–Crippen LogP) is 2.50. The highest BCUT2D eigenvalue weighted by molar-refractivity contribution is 5.55. The molecule has 3 unspecified atom stereocenters. The number of aryl methyl sites for hydroxylation is 1. The Bertz CT molecular complexity index is 431. The molecule has 0 aliphatic carbocycles. The van der Waals surface area contributed by atoms with Gasteiger partial charge in [0, 0.05) is 24.3 Å². The van der Waals surface area contributed by atoms with Crippen molar-refractivity contribution in [3.63, 3.8) is 0 Å². The molecule has 106 valence electrons. The van der Waals surface area contributed by atoms with Gasteiger partial charge in [0.2, 0.25) is 0 Å². The van der Waals surface area contributed by atoms with Gasteiger partial charge in [-0.15, -0.1) is 0 Å². The van der Waals surface area contributed by atoms with Crippen molar-refractivity contribution in [3.05, 3.63) is 29.3 Å². The van der Waals surface area contributed by atoms with E-state index in [9.17, 15) is 0 Å². The van der Waals surface area contributed by atoms with Gasteiger partial charge in [-0.3, -0.25) is 0 Å². The van der Waals surface area contributed by atoms with E-state index in [2.05, 4.69) is 50.8 Å². The van der Waals surface area contributed by atoms with Crippen molar-refractivity contribution >= 4 is 5.69 Å². The van der Waals surface area contributed by atoms with Crippen molar-refractivity contribution in [2.75, 3.05) is 18.1 Å². The highest BCUT2D eigenvalue weighted by atomic mass is 16.5. The minimum atomic E-state index is 0.215. The smallest absolute Gasteiger partial charge is 0.0723 e. The Hall–Kier alpha value is -1.06. The molecule has 0 radical (unpaired) electrons. The van der Waals surface area contributed by atoms with Crippen LogP contribution in [0.3, 0.4) is 0 Å². The number of morpholine rings is 1. The third-order valence-corrected chi connectivity index (χ3v) is 3.74. The Labute approximate surface area is 116 Å². The predicted molar refractivity (Wildman–Crippen MR) is 80.8 cm³/mol. The van der Waals surface area contributed by atoms with E-state index in [1.54, 1.807) is 0 Å². The molecule has 1 fully saturated rings. The van der Waals surface area contributed by atoms with Crippen molar-refractivity contribution in [2.45, 2.75) is 52.3 Å². The van der Waals surface area contributed by atoms with Gasteiger partial charge in [-0.1, -0.05) is 12.1 Å². The summed E-state index contributed by atoms with van der Waals surface area (Å²) in [6.07, 6.45) is 1.25. The Morgan fingerprint density at radius 2 is 2.16 bits per heavy atom. The Morgan fingerprint density at radius 1 is 1.42 bits per heavy atom. The average Bonchev–Trinajstić information content (AvgIpc) is 2.32. The maximum absolute atomic E-state index is 5.87. The molecule has 1 heterocycles. The molecule has 1 aromatic rings. The first kappa shape index (κ1) is 14.4. The van der Waals surface area contributed by atoms with Crippen LogP contribution >= 0.6 is 0 Å². The van der Waals surface area contributed by atoms with Crippen LogP contribution < -0.4 is 10.6 Å². The van der Waals surface area contributed by atoms with E-state index in [4.69, 9.17) is 10.5 Å². The highest BCUT2D eigenvalue weighted by Crippen LogP contribution is 2.26. The van der Waals surface area contributed by atoms with Gasteiger partial charge < -0.3 is 15.4 Å². The molecule has 3 atom stereocenters. The van der Waals surface area contributed by atoms with Gasteiger partial charge in [-0.2, -0.15) is 0 Å². The molecular formula is C16H26N2O. The molecule has 0 spiro atoms. The summed E-state index contributed by atoms with van der Waals surface area (Å²) in [4.78, 5) is 2.46. The van der Waals surface area contributed by atoms with Gasteiger partial charge in [0.1, 0.15) is 0 Å². The summed E-state index contributed by atoms with van der Waals surface area (Å²) in [6, 6.07) is 7.37. The average molecular weight is 262 g/mol. The van der Waals surface area contributed by atoms with E-state index < -0.39 is 0 Å². The first-order valence-corrected chi connectivity index (χ1v) is 7.20. The van der Waals surface area contributed by atoms with Gasteiger partial charge in [-0.05, 0) is 51.3 Å².